The molecule has 3 rings (SSSR count). The van der Waals surface area contributed by atoms with Crippen molar-refractivity contribution in [3.05, 3.63) is 48.0 Å². The van der Waals surface area contributed by atoms with E-state index in [0.29, 0.717) is 24.6 Å². The van der Waals surface area contributed by atoms with Crippen molar-refractivity contribution < 1.29 is 17.9 Å². The molecule has 2 aromatic rings. The zero-order valence-corrected chi connectivity index (χ0v) is 14.2. The number of amides is 1. The molecule has 0 aromatic heterocycles. The third-order valence-corrected chi connectivity index (χ3v) is 5.19. The smallest absolute Gasteiger partial charge is 0.263 e. The number of anilines is 2. The summed E-state index contributed by atoms with van der Waals surface area (Å²) >= 11 is 0. The molecular formula is C17H15N3O4S. The van der Waals surface area contributed by atoms with Gasteiger partial charge < -0.3 is 9.64 Å². The minimum Gasteiger partial charge on any atom is -0.490 e. The van der Waals surface area contributed by atoms with E-state index in [4.69, 9.17) is 10.00 Å². The van der Waals surface area contributed by atoms with Crippen LogP contribution in [0.15, 0.2) is 47.4 Å². The van der Waals surface area contributed by atoms with E-state index >= 15 is 0 Å². The van der Waals surface area contributed by atoms with E-state index in [-0.39, 0.29) is 22.1 Å². The van der Waals surface area contributed by atoms with Gasteiger partial charge in [0.15, 0.2) is 0 Å². The third kappa shape index (κ3) is 3.27. The minimum atomic E-state index is -3.94. The average Bonchev–Trinajstić information content (AvgIpc) is 2.60. The highest BCUT2D eigenvalue weighted by atomic mass is 32.2. The van der Waals surface area contributed by atoms with Crippen LogP contribution in [-0.4, -0.2) is 27.5 Å². The van der Waals surface area contributed by atoms with Gasteiger partial charge in [0.1, 0.15) is 23.3 Å². The molecule has 25 heavy (non-hydrogen) atoms. The number of hydrogen-bond donors (Lipinski definition) is 1. The molecule has 1 heterocycles. The quantitative estimate of drug-likeness (QED) is 0.907. The van der Waals surface area contributed by atoms with Crippen molar-refractivity contribution in [3.8, 4) is 11.8 Å². The number of nitriles is 1. The summed E-state index contributed by atoms with van der Waals surface area (Å²) in [5, 5.41) is 9.10. The molecule has 1 N–H and O–H groups in total. The van der Waals surface area contributed by atoms with Gasteiger partial charge in [-0.25, -0.2) is 8.42 Å². The van der Waals surface area contributed by atoms with Gasteiger partial charge in [-0.15, -0.1) is 0 Å². The van der Waals surface area contributed by atoms with E-state index in [9.17, 15) is 13.2 Å². The molecule has 1 aliphatic rings. The largest absolute Gasteiger partial charge is 0.490 e. The fourth-order valence-electron chi connectivity index (χ4n) is 2.61. The Morgan fingerprint density at radius 3 is 2.76 bits per heavy atom. The van der Waals surface area contributed by atoms with E-state index in [1.807, 2.05) is 6.07 Å². The molecule has 0 bridgehead atoms. The maximum absolute atomic E-state index is 12.6. The lowest BCUT2D eigenvalue weighted by atomic mass is 10.2. The van der Waals surface area contributed by atoms with Crippen molar-refractivity contribution in [2.75, 3.05) is 22.8 Å². The van der Waals surface area contributed by atoms with Crippen LogP contribution in [0.1, 0.15) is 12.5 Å². The summed E-state index contributed by atoms with van der Waals surface area (Å²) < 4.78 is 33.1. The van der Waals surface area contributed by atoms with Gasteiger partial charge in [0.05, 0.1) is 23.5 Å². The van der Waals surface area contributed by atoms with Crippen LogP contribution in [0.5, 0.6) is 5.75 Å². The van der Waals surface area contributed by atoms with Crippen molar-refractivity contribution in [3.63, 3.8) is 0 Å². The number of ether oxygens (including phenoxy) is 1. The number of nitrogens with zero attached hydrogens (tertiary/aromatic N) is 2. The Morgan fingerprint density at radius 2 is 2.04 bits per heavy atom. The number of sulfonamides is 1. The van der Waals surface area contributed by atoms with Crippen molar-refractivity contribution in [2.45, 2.75) is 11.8 Å². The second-order valence-corrected chi connectivity index (χ2v) is 7.07. The lowest BCUT2D eigenvalue weighted by Gasteiger charge is -2.29. The first-order valence-corrected chi connectivity index (χ1v) is 8.97. The zero-order chi connectivity index (χ0) is 18.0. The number of carbonyl (C=O) groups is 1. The molecule has 1 amide bonds. The molecule has 1 aliphatic heterocycles. The summed E-state index contributed by atoms with van der Waals surface area (Å²) in [6, 6.07) is 12.5. The van der Waals surface area contributed by atoms with Crippen LogP contribution in [0.25, 0.3) is 0 Å². The Kier molecular flexibility index (Phi) is 4.33. The molecule has 0 saturated heterocycles. The van der Waals surface area contributed by atoms with Crippen LogP contribution in [0.2, 0.25) is 0 Å². The molecule has 7 nitrogen and oxygen atoms in total. The van der Waals surface area contributed by atoms with E-state index in [1.54, 1.807) is 30.3 Å². The van der Waals surface area contributed by atoms with Crippen molar-refractivity contribution in [1.82, 2.24) is 0 Å². The second kappa shape index (κ2) is 6.45. The lowest BCUT2D eigenvalue weighted by Crippen LogP contribution is -2.36. The molecule has 0 radical (unpaired) electrons. The summed E-state index contributed by atoms with van der Waals surface area (Å²) in [4.78, 5) is 13.2. The zero-order valence-electron chi connectivity index (χ0n) is 13.4. The van der Waals surface area contributed by atoms with Crippen LogP contribution < -0.4 is 14.4 Å². The molecular weight excluding hydrogens is 342 g/mol. The predicted molar refractivity (Wildman–Crippen MR) is 91.9 cm³/mol. The van der Waals surface area contributed by atoms with Gasteiger partial charge in [-0.1, -0.05) is 12.1 Å². The Balaban J connectivity index is 1.97. The highest BCUT2D eigenvalue weighted by molar-refractivity contribution is 7.92. The highest BCUT2D eigenvalue weighted by Gasteiger charge is 2.23. The fourth-order valence-corrected chi connectivity index (χ4v) is 3.82. The SMILES string of the molecule is CC(=O)N1CCOc2ccc(NS(=O)(=O)c3ccccc3C#N)cc21. The van der Waals surface area contributed by atoms with E-state index < -0.39 is 10.0 Å². The number of carbonyl (C=O) groups excluding carboxylic acids is 1. The maximum Gasteiger partial charge on any atom is 0.263 e. The predicted octanol–water partition coefficient (Wildman–Crippen LogP) is 2.10. The Hall–Kier alpha value is -3.05. The van der Waals surface area contributed by atoms with Crippen molar-refractivity contribution in [2.24, 2.45) is 0 Å². The average molecular weight is 357 g/mol. The number of rotatable bonds is 3. The summed E-state index contributed by atoms with van der Waals surface area (Å²) in [6.45, 7) is 2.22. The first-order valence-electron chi connectivity index (χ1n) is 7.49. The Morgan fingerprint density at radius 1 is 1.28 bits per heavy atom. The molecule has 2 aromatic carbocycles. The third-order valence-electron chi connectivity index (χ3n) is 3.75. The van der Waals surface area contributed by atoms with Crippen LogP contribution in [-0.2, 0) is 14.8 Å². The fraction of sp³-hybridized carbons (Fsp3) is 0.176. The summed E-state index contributed by atoms with van der Waals surface area (Å²) in [5.41, 5.74) is 0.845. The van der Waals surface area contributed by atoms with Gasteiger partial charge in [0.25, 0.3) is 10.0 Å². The first kappa shape index (κ1) is 16.8. The van der Waals surface area contributed by atoms with Gasteiger partial charge in [0, 0.05) is 6.92 Å². The molecule has 0 unspecified atom stereocenters. The summed E-state index contributed by atoms with van der Waals surface area (Å²) in [5.74, 6) is 0.362. The lowest BCUT2D eigenvalue weighted by molar-refractivity contribution is -0.116. The van der Waals surface area contributed by atoms with Gasteiger partial charge >= 0.3 is 0 Å². The van der Waals surface area contributed by atoms with Crippen molar-refractivity contribution >= 4 is 27.3 Å². The molecule has 0 spiro atoms. The van der Waals surface area contributed by atoms with Gasteiger partial charge in [0.2, 0.25) is 5.91 Å². The monoisotopic (exact) mass is 357 g/mol. The summed E-state index contributed by atoms with van der Waals surface area (Å²) in [7, 11) is -3.94. The van der Waals surface area contributed by atoms with Gasteiger partial charge in [-0.05, 0) is 30.3 Å². The van der Waals surface area contributed by atoms with E-state index in [2.05, 4.69) is 4.72 Å². The molecule has 8 heteroatoms. The topological polar surface area (TPSA) is 99.5 Å². The van der Waals surface area contributed by atoms with Crippen molar-refractivity contribution in [1.29, 1.82) is 5.26 Å². The number of benzene rings is 2. The Labute approximate surface area is 145 Å². The van der Waals surface area contributed by atoms with Gasteiger partial charge in [-0.3, -0.25) is 9.52 Å². The highest BCUT2D eigenvalue weighted by Crippen LogP contribution is 2.35. The molecule has 0 fully saturated rings. The van der Waals surface area contributed by atoms with Crippen LogP contribution in [0, 0.1) is 11.3 Å². The second-order valence-electron chi connectivity index (χ2n) is 5.42. The number of nitrogens with one attached hydrogen (secondary N) is 1. The first-order chi connectivity index (χ1) is 11.9. The van der Waals surface area contributed by atoms with Crippen LogP contribution in [0.4, 0.5) is 11.4 Å². The normalized spacial score (nSPS) is 13.4. The Bertz CT molecular complexity index is 980. The van der Waals surface area contributed by atoms with E-state index in [0.717, 1.165) is 0 Å². The molecule has 0 aliphatic carbocycles. The minimum absolute atomic E-state index is 0.0571. The molecule has 128 valence electrons. The summed E-state index contributed by atoms with van der Waals surface area (Å²) in [6.07, 6.45) is 0. The molecule has 0 atom stereocenters. The number of fused-ring (bicyclic) bond motifs is 1. The number of hydrogen-bond acceptors (Lipinski definition) is 5. The van der Waals surface area contributed by atoms with Crippen LogP contribution in [0.3, 0.4) is 0 Å². The van der Waals surface area contributed by atoms with Gasteiger partial charge in [-0.2, -0.15) is 5.26 Å². The van der Waals surface area contributed by atoms with E-state index in [1.165, 1.54) is 24.0 Å². The molecule has 0 saturated carbocycles. The standard InChI is InChI=1S/C17H15N3O4S/c1-12(21)20-8-9-24-16-7-6-14(10-15(16)20)19-25(22,23)17-5-3-2-4-13(17)11-18/h2-7,10,19H,8-9H2,1H3. The maximum atomic E-state index is 12.6. The van der Waals surface area contributed by atoms with Crippen LogP contribution >= 0.6 is 0 Å².